The van der Waals surface area contributed by atoms with E-state index in [2.05, 4.69) is 0 Å². The van der Waals surface area contributed by atoms with Crippen LogP contribution >= 0.6 is 22.6 Å². The van der Waals surface area contributed by atoms with Crippen molar-refractivity contribution >= 4 is 28.6 Å². The van der Waals surface area contributed by atoms with E-state index in [1.807, 2.05) is 29.5 Å². The van der Waals surface area contributed by atoms with Crippen molar-refractivity contribution in [1.29, 1.82) is 0 Å². The molecular weight excluding hydrogens is 259 g/mol. The fourth-order valence-electron chi connectivity index (χ4n) is 0.970. The second-order valence-corrected chi connectivity index (χ2v) is 3.69. The van der Waals surface area contributed by atoms with E-state index >= 15 is 0 Å². The molecule has 1 rings (SSSR count). The molecule has 0 fully saturated rings. The van der Waals surface area contributed by atoms with E-state index in [-0.39, 0.29) is 15.8 Å². The monoisotopic (exact) mass is 268 g/mol. The molecule has 0 radical (unpaired) electrons. The van der Waals surface area contributed by atoms with Gasteiger partial charge in [-0.25, -0.2) is 4.79 Å². The highest BCUT2D eigenvalue weighted by Crippen LogP contribution is 2.24. The van der Waals surface area contributed by atoms with Crippen LogP contribution in [-0.4, -0.2) is 15.2 Å². The number of aliphatic hydroxyl groups is 1. The molecule has 0 aromatic rings. The van der Waals surface area contributed by atoms with Crippen molar-refractivity contribution in [3.8, 4) is 0 Å². The van der Waals surface area contributed by atoms with Crippen molar-refractivity contribution in [2.75, 3.05) is 0 Å². The summed E-state index contributed by atoms with van der Waals surface area (Å²) in [6.45, 7) is 1.82. The Balaban J connectivity index is 2.86. The minimum Gasteiger partial charge on any atom is -0.512 e. The summed E-state index contributed by atoms with van der Waals surface area (Å²) < 4.78 is 4.68. The predicted octanol–water partition coefficient (Wildman–Crippen LogP) is 1.92. The molecule has 3 nitrogen and oxygen atoms in total. The molecule has 0 aromatic carbocycles. The summed E-state index contributed by atoms with van der Waals surface area (Å²) in [6.07, 6.45) is 0.976. The van der Waals surface area contributed by atoms with Gasteiger partial charge in [-0.05, 0) is 29.0 Å². The van der Waals surface area contributed by atoms with Crippen LogP contribution in [0.3, 0.4) is 0 Å². The molecule has 0 aromatic heterocycles. The summed E-state index contributed by atoms with van der Waals surface area (Å²) in [6, 6.07) is 0. The zero-order valence-corrected chi connectivity index (χ0v) is 8.29. The molecule has 4 heteroatoms. The third kappa shape index (κ3) is 1.85. The normalized spacial score (nSPS) is 25.3. The Kier molecular flexibility index (Phi) is 2.75. The fourth-order valence-corrected chi connectivity index (χ4v) is 1.62. The smallest absolute Gasteiger partial charge is 0.338 e. The molecule has 1 aliphatic heterocycles. The van der Waals surface area contributed by atoms with Crippen LogP contribution < -0.4 is 0 Å². The summed E-state index contributed by atoms with van der Waals surface area (Å²) in [4.78, 5) is 11.0. The Morgan fingerprint density at radius 1 is 1.82 bits per heavy atom. The van der Waals surface area contributed by atoms with Gasteiger partial charge in [-0.2, -0.15) is 0 Å². The van der Waals surface area contributed by atoms with E-state index in [1.54, 1.807) is 0 Å². The van der Waals surface area contributed by atoms with Gasteiger partial charge in [-0.3, -0.25) is 0 Å². The van der Waals surface area contributed by atoms with Crippen LogP contribution in [0.2, 0.25) is 0 Å². The molecule has 0 unspecified atom stereocenters. The van der Waals surface area contributed by atoms with Crippen molar-refractivity contribution in [3.05, 3.63) is 11.3 Å². The van der Waals surface area contributed by atoms with Crippen LogP contribution in [0.1, 0.15) is 19.8 Å². The number of halogens is 1. The first-order chi connectivity index (χ1) is 5.15. The molecule has 0 bridgehead atoms. The standard InChI is InChI=1S/C7H9IO3/c1-2-4-5(9)3-6(8)11-7(4)10/h6,9H,2-3H2,1H3/t6-/m0/s1. The molecule has 0 saturated heterocycles. The van der Waals surface area contributed by atoms with Crippen LogP contribution in [-0.2, 0) is 9.53 Å². The van der Waals surface area contributed by atoms with E-state index in [4.69, 9.17) is 4.74 Å². The molecular formula is C7H9IO3. The Morgan fingerprint density at radius 2 is 2.45 bits per heavy atom. The largest absolute Gasteiger partial charge is 0.512 e. The maximum absolute atomic E-state index is 11.0. The van der Waals surface area contributed by atoms with Crippen LogP contribution in [0.25, 0.3) is 0 Å². The molecule has 1 aliphatic rings. The van der Waals surface area contributed by atoms with Gasteiger partial charge in [0.25, 0.3) is 0 Å². The number of carbonyl (C=O) groups is 1. The minimum absolute atomic E-state index is 0.183. The first-order valence-electron chi connectivity index (χ1n) is 3.41. The van der Waals surface area contributed by atoms with Crippen molar-refractivity contribution < 1.29 is 14.6 Å². The molecule has 11 heavy (non-hydrogen) atoms. The van der Waals surface area contributed by atoms with Crippen molar-refractivity contribution in [3.63, 3.8) is 0 Å². The van der Waals surface area contributed by atoms with Crippen LogP contribution in [0, 0.1) is 0 Å². The summed E-state index contributed by atoms with van der Waals surface area (Å²) in [5, 5.41) is 9.28. The molecule has 0 aliphatic carbocycles. The van der Waals surface area contributed by atoms with Gasteiger partial charge < -0.3 is 9.84 Å². The lowest BCUT2D eigenvalue weighted by Crippen LogP contribution is -2.22. The lowest BCUT2D eigenvalue weighted by molar-refractivity contribution is -0.141. The molecule has 0 spiro atoms. The summed E-state index contributed by atoms with van der Waals surface area (Å²) in [5.41, 5.74) is 0.415. The van der Waals surface area contributed by atoms with Crippen molar-refractivity contribution in [2.45, 2.75) is 23.9 Å². The first-order valence-corrected chi connectivity index (χ1v) is 4.65. The summed E-state index contributed by atoms with van der Waals surface area (Å²) >= 11 is 1.98. The lowest BCUT2D eigenvalue weighted by Gasteiger charge is -2.19. The van der Waals surface area contributed by atoms with Gasteiger partial charge in [-0.15, -0.1) is 0 Å². The number of carbonyl (C=O) groups excluding carboxylic acids is 1. The fraction of sp³-hybridized carbons (Fsp3) is 0.571. The summed E-state index contributed by atoms with van der Waals surface area (Å²) in [7, 11) is 0. The number of hydrogen-bond donors (Lipinski definition) is 1. The molecule has 62 valence electrons. The predicted molar refractivity (Wildman–Crippen MR) is 48.5 cm³/mol. The Bertz CT molecular complexity index is 210. The molecule has 1 N–H and O–H groups in total. The average Bonchev–Trinajstić information content (AvgIpc) is 1.85. The van der Waals surface area contributed by atoms with Crippen LogP contribution in [0.15, 0.2) is 11.3 Å². The zero-order valence-electron chi connectivity index (χ0n) is 6.13. The Hall–Kier alpha value is -0.260. The highest BCUT2D eigenvalue weighted by atomic mass is 127. The third-order valence-corrected chi connectivity index (χ3v) is 2.23. The zero-order chi connectivity index (χ0) is 8.43. The van der Waals surface area contributed by atoms with E-state index in [9.17, 15) is 9.90 Å². The number of rotatable bonds is 1. The molecule has 0 saturated carbocycles. The van der Waals surface area contributed by atoms with Crippen molar-refractivity contribution in [1.82, 2.24) is 0 Å². The van der Waals surface area contributed by atoms with E-state index < -0.39 is 0 Å². The Morgan fingerprint density at radius 3 is 2.91 bits per heavy atom. The number of cyclic esters (lactones) is 1. The second kappa shape index (κ2) is 3.42. The topological polar surface area (TPSA) is 46.5 Å². The van der Waals surface area contributed by atoms with E-state index in [0.29, 0.717) is 18.4 Å². The Labute approximate surface area is 78.6 Å². The number of alkyl halides is 1. The van der Waals surface area contributed by atoms with E-state index in [1.165, 1.54) is 0 Å². The number of aliphatic hydroxyl groups excluding tert-OH is 1. The SMILES string of the molecule is CCC1=C(O)C[C@@H](I)OC1=O. The number of ether oxygens (including phenoxy) is 1. The number of esters is 1. The van der Waals surface area contributed by atoms with Gasteiger partial charge in [0.2, 0.25) is 0 Å². The highest BCUT2D eigenvalue weighted by molar-refractivity contribution is 14.1. The van der Waals surface area contributed by atoms with Crippen LogP contribution in [0.5, 0.6) is 0 Å². The van der Waals surface area contributed by atoms with Gasteiger partial charge >= 0.3 is 5.97 Å². The molecule has 0 amide bonds. The van der Waals surface area contributed by atoms with Gasteiger partial charge in [0, 0.05) is 0 Å². The maximum atomic E-state index is 11.0. The quantitative estimate of drug-likeness (QED) is 0.449. The average molecular weight is 268 g/mol. The minimum atomic E-state index is -0.379. The number of hydrogen-bond acceptors (Lipinski definition) is 3. The van der Waals surface area contributed by atoms with Gasteiger partial charge in [-0.1, -0.05) is 6.92 Å². The van der Waals surface area contributed by atoms with Crippen molar-refractivity contribution in [2.24, 2.45) is 0 Å². The first kappa shape index (κ1) is 8.83. The highest BCUT2D eigenvalue weighted by Gasteiger charge is 2.25. The van der Waals surface area contributed by atoms with E-state index in [0.717, 1.165) is 0 Å². The molecule has 1 heterocycles. The van der Waals surface area contributed by atoms with Gasteiger partial charge in [0.15, 0.2) is 4.11 Å². The van der Waals surface area contributed by atoms with Gasteiger partial charge in [0.05, 0.1) is 12.0 Å². The third-order valence-electron chi connectivity index (χ3n) is 1.54. The van der Waals surface area contributed by atoms with Crippen LogP contribution in [0.4, 0.5) is 0 Å². The molecule has 1 atom stereocenters. The lowest BCUT2D eigenvalue weighted by atomic mass is 10.1. The summed E-state index contributed by atoms with van der Waals surface area (Å²) in [5.74, 6) is -0.196. The second-order valence-electron chi connectivity index (χ2n) is 2.30. The van der Waals surface area contributed by atoms with Gasteiger partial charge in [0.1, 0.15) is 5.76 Å². The maximum Gasteiger partial charge on any atom is 0.338 e.